The molecule has 0 radical (unpaired) electrons. The molecule has 0 saturated carbocycles. The summed E-state index contributed by atoms with van der Waals surface area (Å²) in [6.45, 7) is -2.85. The van der Waals surface area contributed by atoms with E-state index in [2.05, 4.69) is 4.74 Å². The van der Waals surface area contributed by atoms with Crippen LogP contribution in [0.2, 0.25) is 0 Å². The topological polar surface area (TPSA) is 46.5 Å². The maximum absolute atomic E-state index is 11.7. The number of benzene rings is 1. The van der Waals surface area contributed by atoms with Crippen molar-refractivity contribution in [3.63, 3.8) is 0 Å². The Morgan fingerprint density at radius 2 is 1.93 bits per heavy atom. The van der Waals surface area contributed by atoms with Crippen LogP contribution in [0.1, 0.15) is 5.56 Å². The van der Waals surface area contributed by atoms with Crippen LogP contribution in [0.5, 0.6) is 5.75 Å². The summed E-state index contributed by atoms with van der Waals surface area (Å²) in [5.74, 6) is 0.0158. The molecular weight excluding hydrogens is 214 g/mol. The van der Waals surface area contributed by atoms with Crippen LogP contribution in [-0.4, -0.2) is 15.4 Å². The van der Waals surface area contributed by atoms with Crippen LogP contribution in [0.25, 0.3) is 0 Å². The highest BCUT2D eigenvalue weighted by Crippen LogP contribution is 2.15. The Morgan fingerprint density at radius 1 is 1.36 bits per heavy atom. The van der Waals surface area contributed by atoms with E-state index in [4.69, 9.17) is 4.55 Å². The second kappa shape index (κ2) is 5.02. The molecule has 0 fully saturated rings. The van der Waals surface area contributed by atoms with Crippen molar-refractivity contribution in [1.29, 1.82) is 0 Å². The molecule has 0 aliphatic rings. The van der Waals surface area contributed by atoms with Crippen LogP contribution in [0.3, 0.4) is 0 Å². The summed E-state index contributed by atoms with van der Waals surface area (Å²) in [5.41, 5.74) is 0.590. The zero-order valence-electron chi connectivity index (χ0n) is 7.02. The van der Waals surface area contributed by atoms with Gasteiger partial charge in [0.25, 0.3) is 0 Å². The Labute approximate surface area is 82.0 Å². The molecular formula is C8H8F2O3S. The van der Waals surface area contributed by atoms with E-state index < -0.39 is 17.7 Å². The molecule has 0 bridgehead atoms. The lowest BCUT2D eigenvalue weighted by Gasteiger charge is -2.04. The van der Waals surface area contributed by atoms with Crippen molar-refractivity contribution in [2.24, 2.45) is 0 Å². The monoisotopic (exact) mass is 222 g/mol. The summed E-state index contributed by atoms with van der Waals surface area (Å²) in [6.07, 6.45) is 0. The molecule has 0 aromatic heterocycles. The van der Waals surface area contributed by atoms with Crippen molar-refractivity contribution in [2.75, 3.05) is 0 Å². The van der Waals surface area contributed by atoms with Gasteiger partial charge >= 0.3 is 6.61 Å². The lowest BCUT2D eigenvalue weighted by atomic mass is 10.2. The molecule has 0 aliphatic carbocycles. The Hall–Kier alpha value is -1.01. The van der Waals surface area contributed by atoms with Gasteiger partial charge in [-0.1, -0.05) is 12.1 Å². The number of halogens is 2. The molecule has 0 amide bonds. The largest absolute Gasteiger partial charge is 0.435 e. The van der Waals surface area contributed by atoms with Gasteiger partial charge in [-0.05, 0) is 17.7 Å². The number of hydrogen-bond donors (Lipinski definition) is 1. The summed E-state index contributed by atoms with van der Waals surface area (Å²) in [6, 6.07) is 5.58. The third-order valence-electron chi connectivity index (χ3n) is 1.44. The fourth-order valence-electron chi connectivity index (χ4n) is 0.910. The molecule has 1 rings (SSSR count). The first-order chi connectivity index (χ1) is 6.58. The molecule has 1 aromatic rings. The van der Waals surface area contributed by atoms with Crippen molar-refractivity contribution in [2.45, 2.75) is 12.4 Å². The number of rotatable bonds is 4. The Kier molecular flexibility index (Phi) is 3.97. The molecule has 1 N–H and O–H groups in total. The standard InChI is InChI=1S/C8H8F2O3S/c9-8(10)13-7-3-1-6(2-4-7)5-14(11)12/h1-4,8H,5H2,(H,11,12). The van der Waals surface area contributed by atoms with Gasteiger partial charge in [0.1, 0.15) is 5.75 Å². The summed E-state index contributed by atoms with van der Waals surface area (Å²) >= 11 is -1.92. The molecule has 1 atom stereocenters. The minimum absolute atomic E-state index is 0.0189. The number of alkyl halides is 2. The van der Waals surface area contributed by atoms with Crippen molar-refractivity contribution >= 4 is 11.1 Å². The fraction of sp³-hybridized carbons (Fsp3) is 0.250. The van der Waals surface area contributed by atoms with Crippen LogP contribution in [-0.2, 0) is 16.8 Å². The molecule has 1 aromatic carbocycles. The van der Waals surface area contributed by atoms with Gasteiger partial charge in [0.05, 0.1) is 5.75 Å². The third kappa shape index (κ3) is 3.80. The lowest BCUT2D eigenvalue weighted by molar-refractivity contribution is -0.0498. The van der Waals surface area contributed by atoms with E-state index in [1.807, 2.05) is 0 Å². The SMILES string of the molecule is O=S(O)Cc1ccc(OC(F)F)cc1. The number of hydrogen-bond acceptors (Lipinski definition) is 2. The highest BCUT2D eigenvalue weighted by Gasteiger charge is 2.04. The third-order valence-corrected chi connectivity index (χ3v) is 2.02. The Morgan fingerprint density at radius 3 is 2.36 bits per heavy atom. The smallest absolute Gasteiger partial charge is 0.387 e. The minimum atomic E-state index is -2.85. The predicted octanol–water partition coefficient (Wildman–Crippen LogP) is 2.01. The molecule has 6 heteroatoms. The second-order valence-electron chi connectivity index (χ2n) is 2.49. The van der Waals surface area contributed by atoms with Crippen LogP contribution < -0.4 is 4.74 Å². The first kappa shape index (κ1) is 11.1. The van der Waals surface area contributed by atoms with E-state index >= 15 is 0 Å². The van der Waals surface area contributed by atoms with Gasteiger partial charge in [0.2, 0.25) is 0 Å². The van der Waals surface area contributed by atoms with Crippen LogP contribution in [0, 0.1) is 0 Å². The van der Waals surface area contributed by atoms with Gasteiger partial charge in [-0.3, -0.25) is 0 Å². The van der Waals surface area contributed by atoms with Crippen LogP contribution in [0.4, 0.5) is 8.78 Å². The van der Waals surface area contributed by atoms with E-state index in [1.54, 1.807) is 0 Å². The lowest BCUT2D eigenvalue weighted by Crippen LogP contribution is -2.01. The quantitative estimate of drug-likeness (QED) is 0.792. The van der Waals surface area contributed by atoms with E-state index in [1.165, 1.54) is 24.3 Å². The number of ether oxygens (including phenoxy) is 1. The normalized spacial score (nSPS) is 12.9. The van der Waals surface area contributed by atoms with Crippen molar-refractivity contribution in [1.82, 2.24) is 0 Å². The van der Waals surface area contributed by atoms with Crippen molar-refractivity contribution in [3.05, 3.63) is 29.8 Å². The molecule has 0 spiro atoms. The maximum Gasteiger partial charge on any atom is 0.387 e. The van der Waals surface area contributed by atoms with E-state index in [-0.39, 0.29) is 11.5 Å². The molecule has 78 valence electrons. The fourth-order valence-corrected chi connectivity index (χ4v) is 1.39. The average Bonchev–Trinajstić information content (AvgIpc) is 2.06. The molecule has 0 saturated heterocycles. The summed E-state index contributed by atoms with van der Waals surface area (Å²) in [7, 11) is 0. The van der Waals surface area contributed by atoms with Gasteiger partial charge in [-0.25, -0.2) is 4.21 Å². The van der Waals surface area contributed by atoms with Gasteiger partial charge in [0, 0.05) is 0 Å². The van der Waals surface area contributed by atoms with Crippen molar-refractivity contribution < 1.29 is 22.3 Å². The van der Waals surface area contributed by atoms with Gasteiger partial charge in [-0.15, -0.1) is 0 Å². The van der Waals surface area contributed by atoms with Gasteiger partial charge in [-0.2, -0.15) is 8.78 Å². The zero-order chi connectivity index (χ0) is 10.6. The van der Waals surface area contributed by atoms with E-state index in [0.717, 1.165) is 0 Å². The highest BCUT2D eigenvalue weighted by molar-refractivity contribution is 7.78. The highest BCUT2D eigenvalue weighted by atomic mass is 32.2. The molecule has 0 heterocycles. The van der Waals surface area contributed by atoms with Crippen LogP contribution >= 0.6 is 0 Å². The van der Waals surface area contributed by atoms with E-state index in [9.17, 15) is 13.0 Å². The minimum Gasteiger partial charge on any atom is -0.435 e. The summed E-state index contributed by atoms with van der Waals surface area (Å²) in [5, 5.41) is 0. The zero-order valence-corrected chi connectivity index (χ0v) is 7.84. The van der Waals surface area contributed by atoms with Gasteiger partial charge in [0.15, 0.2) is 11.1 Å². The summed E-state index contributed by atoms with van der Waals surface area (Å²) in [4.78, 5) is 0. The predicted molar refractivity (Wildman–Crippen MR) is 47.5 cm³/mol. The second-order valence-corrected chi connectivity index (χ2v) is 3.42. The maximum atomic E-state index is 11.7. The van der Waals surface area contributed by atoms with E-state index in [0.29, 0.717) is 5.56 Å². The van der Waals surface area contributed by atoms with Crippen LogP contribution in [0.15, 0.2) is 24.3 Å². The first-order valence-electron chi connectivity index (χ1n) is 3.69. The Balaban J connectivity index is 2.63. The van der Waals surface area contributed by atoms with Crippen molar-refractivity contribution in [3.8, 4) is 5.75 Å². The van der Waals surface area contributed by atoms with Gasteiger partial charge < -0.3 is 9.29 Å². The molecule has 14 heavy (non-hydrogen) atoms. The molecule has 1 unspecified atom stereocenters. The summed E-state index contributed by atoms with van der Waals surface area (Å²) < 4.78 is 46.5. The molecule has 3 nitrogen and oxygen atoms in total. The average molecular weight is 222 g/mol. The molecule has 0 aliphatic heterocycles. The Bertz CT molecular complexity index is 313. The first-order valence-corrected chi connectivity index (χ1v) is 4.96.